The first-order valence-electron chi connectivity index (χ1n) is 4.94. The minimum atomic E-state index is -0.574. The molecule has 0 aromatic carbocycles. The van der Waals surface area contributed by atoms with Crippen molar-refractivity contribution in [3.63, 3.8) is 0 Å². The Kier molecular flexibility index (Phi) is 4.13. The summed E-state index contributed by atoms with van der Waals surface area (Å²) >= 11 is 0. The van der Waals surface area contributed by atoms with Crippen molar-refractivity contribution in [1.82, 2.24) is 0 Å². The van der Waals surface area contributed by atoms with Gasteiger partial charge in [0.15, 0.2) is 5.79 Å². The molecule has 0 radical (unpaired) electrons. The highest BCUT2D eigenvalue weighted by molar-refractivity contribution is 5.69. The molecule has 0 bridgehead atoms. The van der Waals surface area contributed by atoms with Gasteiger partial charge in [-0.1, -0.05) is 0 Å². The van der Waals surface area contributed by atoms with E-state index >= 15 is 0 Å². The lowest BCUT2D eigenvalue weighted by Gasteiger charge is -2.16. The van der Waals surface area contributed by atoms with Gasteiger partial charge in [-0.3, -0.25) is 4.79 Å². The van der Waals surface area contributed by atoms with E-state index in [0.717, 1.165) is 0 Å². The molecule has 0 aliphatic carbocycles. The lowest BCUT2D eigenvalue weighted by Crippen LogP contribution is -2.25. The summed E-state index contributed by atoms with van der Waals surface area (Å²) in [6, 6.07) is 0. The van der Waals surface area contributed by atoms with Crippen LogP contribution in [0.1, 0.15) is 26.7 Å². The first kappa shape index (κ1) is 12.0. The van der Waals surface area contributed by atoms with Gasteiger partial charge in [-0.05, 0) is 13.8 Å². The minimum Gasteiger partial charge on any atom is -0.463 e. The minimum absolute atomic E-state index is 0.171. The number of terminal acetylenes is 1. The highest BCUT2D eigenvalue weighted by Crippen LogP contribution is 2.22. The third-order valence-corrected chi connectivity index (χ3v) is 1.97. The van der Waals surface area contributed by atoms with Crippen molar-refractivity contribution in [3.05, 3.63) is 0 Å². The molecule has 1 atom stereocenters. The van der Waals surface area contributed by atoms with Gasteiger partial charge in [0.2, 0.25) is 0 Å². The largest absolute Gasteiger partial charge is 0.463 e. The molecule has 1 aliphatic heterocycles. The van der Waals surface area contributed by atoms with Crippen LogP contribution in [0.4, 0.5) is 0 Å². The van der Waals surface area contributed by atoms with Crippen LogP contribution in [0.2, 0.25) is 0 Å². The fourth-order valence-corrected chi connectivity index (χ4v) is 1.28. The van der Waals surface area contributed by atoms with Gasteiger partial charge in [0.1, 0.15) is 12.7 Å². The maximum absolute atomic E-state index is 11.1. The van der Waals surface area contributed by atoms with Gasteiger partial charge in [-0.15, -0.1) is 12.3 Å². The van der Waals surface area contributed by atoms with E-state index in [0.29, 0.717) is 13.0 Å². The Morgan fingerprint density at radius 2 is 2.40 bits per heavy atom. The van der Waals surface area contributed by atoms with Crippen molar-refractivity contribution in [2.24, 2.45) is 0 Å². The first-order chi connectivity index (χ1) is 7.03. The molecule has 0 N–H and O–H groups in total. The highest BCUT2D eigenvalue weighted by atomic mass is 16.7. The van der Waals surface area contributed by atoms with E-state index in [2.05, 4.69) is 5.92 Å². The van der Waals surface area contributed by atoms with Gasteiger partial charge in [-0.25, -0.2) is 0 Å². The van der Waals surface area contributed by atoms with Crippen LogP contribution in [0.15, 0.2) is 0 Å². The Hall–Kier alpha value is -1.05. The van der Waals surface area contributed by atoms with E-state index in [1.165, 1.54) is 0 Å². The van der Waals surface area contributed by atoms with Gasteiger partial charge in [0.05, 0.1) is 13.0 Å². The molecule has 0 spiro atoms. The Morgan fingerprint density at radius 3 is 2.93 bits per heavy atom. The second-order valence-electron chi connectivity index (χ2n) is 3.84. The van der Waals surface area contributed by atoms with E-state index in [9.17, 15) is 4.79 Å². The number of hydrogen-bond donors (Lipinski definition) is 0. The van der Waals surface area contributed by atoms with Gasteiger partial charge in [-0.2, -0.15) is 0 Å². The lowest BCUT2D eigenvalue weighted by molar-refractivity contribution is -0.158. The summed E-state index contributed by atoms with van der Waals surface area (Å²) in [6.45, 7) is 4.34. The molecule has 4 nitrogen and oxygen atoms in total. The molecule has 84 valence electrons. The topological polar surface area (TPSA) is 44.8 Å². The van der Waals surface area contributed by atoms with Crippen molar-refractivity contribution in [2.75, 3.05) is 13.2 Å². The van der Waals surface area contributed by atoms with Crippen molar-refractivity contribution in [3.8, 4) is 12.3 Å². The molecule has 0 aromatic heterocycles. The second-order valence-corrected chi connectivity index (χ2v) is 3.84. The number of carbonyl (C=O) groups excluding carboxylic acids is 1. The first-order valence-corrected chi connectivity index (χ1v) is 4.94. The maximum Gasteiger partial charge on any atom is 0.306 e. The third-order valence-electron chi connectivity index (χ3n) is 1.97. The summed E-state index contributed by atoms with van der Waals surface area (Å²) in [5.74, 6) is 1.52. The average molecular weight is 212 g/mol. The molecule has 1 heterocycles. The molecule has 0 aromatic rings. The van der Waals surface area contributed by atoms with Gasteiger partial charge < -0.3 is 14.2 Å². The van der Waals surface area contributed by atoms with Crippen molar-refractivity contribution < 1.29 is 19.0 Å². The molecule has 4 heteroatoms. The molecule has 1 saturated heterocycles. The molecule has 15 heavy (non-hydrogen) atoms. The molecule has 0 amide bonds. The second kappa shape index (κ2) is 5.15. The molecule has 0 saturated carbocycles. The Labute approximate surface area is 89.9 Å². The van der Waals surface area contributed by atoms with Gasteiger partial charge in [0.25, 0.3) is 0 Å². The monoisotopic (exact) mass is 212 g/mol. The number of esters is 1. The van der Waals surface area contributed by atoms with Crippen LogP contribution in [-0.2, 0) is 19.0 Å². The van der Waals surface area contributed by atoms with Gasteiger partial charge >= 0.3 is 5.97 Å². The van der Waals surface area contributed by atoms with Crippen molar-refractivity contribution in [1.29, 1.82) is 0 Å². The summed E-state index contributed by atoms with van der Waals surface area (Å²) in [7, 11) is 0. The van der Waals surface area contributed by atoms with Crippen LogP contribution in [0.25, 0.3) is 0 Å². The number of rotatable bonds is 4. The van der Waals surface area contributed by atoms with Crippen LogP contribution in [0.5, 0.6) is 0 Å². The molecule has 1 rings (SSSR count). The predicted octanol–water partition coefficient (Wildman–Crippen LogP) is 1.09. The SMILES string of the molecule is C#CCCC(=O)OC[C@@H]1COC(C)(C)O1. The fourth-order valence-electron chi connectivity index (χ4n) is 1.28. The Bertz CT molecular complexity index is 264. The summed E-state index contributed by atoms with van der Waals surface area (Å²) in [4.78, 5) is 11.1. The molecule has 1 fully saturated rings. The average Bonchev–Trinajstić information content (AvgIpc) is 2.52. The van der Waals surface area contributed by atoms with Crippen molar-refractivity contribution in [2.45, 2.75) is 38.6 Å². The summed E-state index contributed by atoms with van der Waals surface area (Å²) in [5, 5.41) is 0. The van der Waals surface area contributed by atoms with E-state index in [4.69, 9.17) is 20.6 Å². The van der Waals surface area contributed by atoms with Crippen LogP contribution in [0, 0.1) is 12.3 Å². The van der Waals surface area contributed by atoms with Crippen LogP contribution in [0.3, 0.4) is 0 Å². The quantitative estimate of drug-likeness (QED) is 0.517. The zero-order valence-corrected chi connectivity index (χ0v) is 9.12. The number of carbonyl (C=O) groups is 1. The maximum atomic E-state index is 11.1. The summed E-state index contributed by atoms with van der Waals surface area (Å²) in [5.41, 5.74) is 0. The van der Waals surface area contributed by atoms with Crippen LogP contribution < -0.4 is 0 Å². The highest BCUT2D eigenvalue weighted by Gasteiger charge is 2.33. The van der Waals surface area contributed by atoms with E-state index < -0.39 is 5.79 Å². The van der Waals surface area contributed by atoms with E-state index in [1.54, 1.807) is 0 Å². The summed E-state index contributed by atoms with van der Waals surface area (Å²) in [6.07, 6.45) is 5.52. The van der Waals surface area contributed by atoms with Crippen molar-refractivity contribution >= 4 is 5.97 Å². The predicted molar refractivity (Wildman–Crippen MR) is 53.9 cm³/mol. The molecule has 1 aliphatic rings. The molecular formula is C11H16O4. The molecule has 0 unspecified atom stereocenters. The third kappa shape index (κ3) is 4.32. The number of hydrogen-bond acceptors (Lipinski definition) is 4. The van der Waals surface area contributed by atoms with Crippen LogP contribution in [-0.4, -0.2) is 31.1 Å². The normalized spacial score (nSPS) is 23.4. The zero-order chi connectivity index (χ0) is 11.3. The van der Waals surface area contributed by atoms with E-state index in [1.807, 2.05) is 13.8 Å². The Balaban J connectivity index is 2.16. The van der Waals surface area contributed by atoms with E-state index in [-0.39, 0.29) is 25.1 Å². The standard InChI is InChI=1S/C11H16O4/c1-4-5-6-10(12)13-7-9-8-14-11(2,3)15-9/h1,9H,5-8H2,2-3H3/t9-/m1/s1. The number of ether oxygens (including phenoxy) is 3. The van der Waals surface area contributed by atoms with Crippen LogP contribution >= 0.6 is 0 Å². The van der Waals surface area contributed by atoms with Gasteiger partial charge in [0, 0.05) is 6.42 Å². The fraction of sp³-hybridized carbons (Fsp3) is 0.727. The molecular weight excluding hydrogens is 196 g/mol. The Morgan fingerprint density at radius 1 is 1.67 bits per heavy atom. The lowest BCUT2D eigenvalue weighted by atomic mass is 10.3. The smallest absolute Gasteiger partial charge is 0.306 e. The zero-order valence-electron chi connectivity index (χ0n) is 9.12. The summed E-state index contributed by atoms with van der Waals surface area (Å²) < 4.78 is 15.8.